The minimum absolute atomic E-state index is 0.0363. The van der Waals surface area contributed by atoms with Gasteiger partial charge in [-0.25, -0.2) is 13.1 Å². The third kappa shape index (κ3) is 5.01. The second-order valence-electron chi connectivity index (χ2n) is 6.77. The van der Waals surface area contributed by atoms with Crippen LogP contribution in [0.1, 0.15) is 27.0 Å². The van der Waals surface area contributed by atoms with Crippen LogP contribution in [0.3, 0.4) is 0 Å². The van der Waals surface area contributed by atoms with Crippen LogP contribution in [0, 0.1) is 13.8 Å². The number of anilines is 1. The molecule has 1 amide bonds. The summed E-state index contributed by atoms with van der Waals surface area (Å²) in [6.07, 6.45) is 0. The number of aromatic hydroxyl groups is 1. The summed E-state index contributed by atoms with van der Waals surface area (Å²) in [6, 6.07) is 18.5. The van der Waals surface area contributed by atoms with Crippen molar-refractivity contribution in [3.8, 4) is 5.75 Å². The van der Waals surface area contributed by atoms with Crippen LogP contribution in [0.25, 0.3) is 0 Å². The molecule has 150 valence electrons. The predicted molar refractivity (Wildman–Crippen MR) is 112 cm³/mol. The second kappa shape index (κ2) is 8.46. The van der Waals surface area contributed by atoms with Crippen molar-refractivity contribution in [2.45, 2.75) is 25.3 Å². The van der Waals surface area contributed by atoms with Crippen LogP contribution in [0.15, 0.2) is 71.6 Å². The number of carbonyl (C=O) groups excluding carboxylic acids is 1. The van der Waals surface area contributed by atoms with Crippen LogP contribution >= 0.6 is 0 Å². The fourth-order valence-corrected chi connectivity index (χ4v) is 4.11. The smallest absolute Gasteiger partial charge is 0.255 e. The van der Waals surface area contributed by atoms with E-state index in [0.29, 0.717) is 5.56 Å². The van der Waals surface area contributed by atoms with Crippen LogP contribution in [0.5, 0.6) is 5.75 Å². The lowest BCUT2D eigenvalue weighted by Crippen LogP contribution is -2.24. The van der Waals surface area contributed by atoms with Gasteiger partial charge in [0.15, 0.2) is 0 Å². The zero-order chi connectivity index (χ0) is 21.0. The highest BCUT2D eigenvalue weighted by Gasteiger charge is 2.19. The van der Waals surface area contributed by atoms with Gasteiger partial charge in [-0.2, -0.15) is 0 Å². The van der Waals surface area contributed by atoms with Gasteiger partial charge in [-0.15, -0.1) is 0 Å². The Hall–Kier alpha value is -3.16. The Balaban J connectivity index is 1.82. The van der Waals surface area contributed by atoms with Gasteiger partial charge in [0.25, 0.3) is 5.91 Å². The van der Waals surface area contributed by atoms with Crippen LogP contribution in [-0.2, 0) is 16.6 Å². The molecular weight excluding hydrogens is 388 g/mol. The number of benzene rings is 3. The summed E-state index contributed by atoms with van der Waals surface area (Å²) in [5, 5.41) is 12.6. The molecule has 0 saturated carbocycles. The molecular formula is C22H22N2O4S. The summed E-state index contributed by atoms with van der Waals surface area (Å²) < 4.78 is 28.1. The lowest BCUT2D eigenvalue weighted by molar-refractivity contribution is 0.102. The number of aryl methyl sites for hydroxylation is 2. The van der Waals surface area contributed by atoms with Crippen molar-refractivity contribution in [2.24, 2.45) is 0 Å². The molecule has 0 spiro atoms. The van der Waals surface area contributed by atoms with Gasteiger partial charge in [0, 0.05) is 12.1 Å². The van der Waals surface area contributed by atoms with E-state index in [1.54, 1.807) is 31.2 Å². The van der Waals surface area contributed by atoms with Crippen molar-refractivity contribution in [2.75, 3.05) is 5.32 Å². The Labute approximate surface area is 170 Å². The summed E-state index contributed by atoms with van der Waals surface area (Å²) >= 11 is 0. The standard InChI is InChI=1S/C22H22N2O4S/c1-15-8-11-19(20(25)12-15)24-22(26)18-10-9-16(2)21(13-18)29(27,28)23-14-17-6-4-3-5-7-17/h3-13,23,25H,14H2,1-2H3,(H,24,26). The summed E-state index contributed by atoms with van der Waals surface area (Å²) in [4.78, 5) is 12.6. The van der Waals surface area contributed by atoms with Gasteiger partial charge < -0.3 is 10.4 Å². The Morgan fingerprint density at radius 2 is 1.69 bits per heavy atom. The zero-order valence-corrected chi connectivity index (χ0v) is 17.0. The van der Waals surface area contributed by atoms with Crippen LogP contribution < -0.4 is 10.0 Å². The maximum atomic E-state index is 12.8. The summed E-state index contributed by atoms with van der Waals surface area (Å²) in [5.74, 6) is -0.563. The first-order valence-corrected chi connectivity index (χ1v) is 10.5. The van der Waals surface area contributed by atoms with Crippen molar-refractivity contribution in [3.63, 3.8) is 0 Å². The maximum absolute atomic E-state index is 12.8. The lowest BCUT2D eigenvalue weighted by Gasteiger charge is -2.12. The van der Waals surface area contributed by atoms with Crippen LogP contribution in [-0.4, -0.2) is 19.4 Å². The first-order valence-electron chi connectivity index (χ1n) is 9.01. The van der Waals surface area contributed by atoms with E-state index >= 15 is 0 Å². The summed E-state index contributed by atoms with van der Waals surface area (Å²) in [6.45, 7) is 3.64. The SMILES string of the molecule is Cc1ccc(NC(=O)c2ccc(C)c(S(=O)(=O)NCc3ccccc3)c2)c(O)c1. The Kier molecular flexibility index (Phi) is 6.00. The first-order chi connectivity index (χ1) is 13.8. The number of carbonyl (C=O) groups is 1. The quantitative estimate of drug-likeness (QED) is 0.540. The highest BCUT2D eigenvalue weighted by atomic mass is 32.2. The molecule has 3 aromatic carbocycles. The van der Waals surface area contributed by atoms with E-state index in [-0.39, 0.29) is 28.4 Å². The van der Waals surface area contributed by atoms with Gasteiger partial charge in [-0.1, -0.05) is 42.5 Å². The van der Waals surface area contributed by atoms with Gasteiger partial charge in [0.1, 0.15) is 5.75 Å². The minimum Gasteiger partial charge on any atom is -0.506 e. The van der Waals surface area contributed by atoms with Gasteiger partial charge >= 0.3 is 0 Å². The van der Waals surface area contributed by atoms with Crippen molar-refractivity contribution < 1.29 is 18.3 Å². The molecule has 3 N–H and O–H groups in total. The van der Waals surface area contributed by atoms with Crippen LogP contribution in [0.2, 0.25) is 0 Å². The molecule has 3 aromatic rings. The average molecular weight is 410 g/mol. The highest BCUT2D eigenvalue weighted by molar-refractivity contribution is 7.89. The molecule has 6 nitrogen and oxygen atoms in total. The number of phenols is 1. The molecule has 0 aromatic heterocycles. The largest absolute Gasteiger partial charge is 0.506 e. The number of hydrogen-bond acceptors (Lipinski definition) is 4. The Bertz CT molecular complexity index is 1140. The van der Waals surface area contributed by atoms with Gasteiger partial charge in [0.05, 0.1) is 10.6 Å². The molecule has 0 fully saturated rings. The van der Waals surface area contributed by atoms with E-state index in [0.717, 1.165) is 11.1 Å². The molecule has 0 heterocycles. The number of hydrogen-bond donors (Lipinski definition) is 3. The summed E-state index contributed by atoms with van der Waals surface area (Å²) in [5.41, 5.74) is 2.65. The van der Waals surface area contributed by atoms with Gasteiger partial charge in [-0.05, 0) is 54.8 Å². The second-order valence-corrected chi connectivity index (χ2v) is 8.50. The monoisotopic (exact) mass is 410 g/mol. The Morgan fingerprint density at radius 3 is 2.38 bits per heavy atom. The normalized spacial score (nSPS) is 11.2. The Morgan fingerprint density at radius 1 is 0.966 bits per heavy atom. The van der Waals surface area contributed by atoms with E-state index in [4.69, 9.17) is 0 Å². The molecule has 0 aliphatic heterocycles. The molecule has 0 atom stereocenters. The minimum atomic E-state index is -3.81. The number of phenolic OH excluding ortho intramolecular Hbond substituents is 1. The molecule has 3 rings (SSSR count). The number of amides is 1. The zero-order valence-electron chi connectivity index (χ0n) is 16.1. The van der Waals surface area contributed by atoms with Crippen molar-refractivity contribution in [1.29, 1.82) is 0 Å². The molecule has 0 aliphatic carbocycles. The van der Waals surface area contributed by atoms with E-state index in [1.165, 1.54) is 12.1 Å². The molecule has 0 aliphatic rings. The van der Waals surface area contributed by atoms with E-state index < -0.39 is 15.9 Å². The lowest BCUT2D eigenvalue weighted by atomic mass is 10.1. The molecule has 29 heavy (non-hydrogen) atoms. The number of nitrogens with one attached hydrogen (secondary N) is 2. The molecule has 0 radical (unpaired) electrons. The molecule has 0 unspecified atom stereocenters. The third-order valence-electron chi connectivity index (χ3n) is 4.45. The number of rotatable bonds is 6. The maximum Gasteiger partial charge on any atom is 0.255 e. The number of sulfonamides is 1. The van der Waals surface area contributed by atoms with E-state index in [9.17, 15) is 18.3 Å². The predicted octanol–water partition coefficient (Wildman–Crippen LogP) is 3.74. The fourth-order valence-electron chi connectivity index (χ4n) is 2.82. The van der Waals surface area contributed by atoms with Crippen LogP contribution in [0.4, 0.5) is 5.69 Å². The first kappa shape index (κ1) is 20.6. The van der Waals surface area contributed by atoms with Crippen molar-refractivity contribution in [1.82, 2.24) is 4.72 Å². The molecule has 7 heteroatoms. The van der Waals surface area contributed by atoms with Gasteiger partial charge in [-0.3, -0.25) is 4.79 Å². The van der Waals surface area contributed by atoms with E-state index in [1.807, 2.05) is 37.3 Å². The van der Waals surface area contributed by atoms with Gasteiger partial charge in [0.2, 0.25) is 10.0 Å². The molecule has 0 bridgehead atoms. The topological polar surface area (TPSA) is 95.5 Å². The fraction of sp³-hybridized carbons (Fsp3) is 0.136. The van der Waals surface area contributed by atoms with E-state index in [2.05, 4.69) is 10.0 Å². The molecule has 0 saturated heterocycles. The third-order valence-corrected chi connectivity index (χ3v) is 5.99. The highest BCUT2D eigenvalue weighted by Crippen LogP contribution is 2.25. The average Bonchev–Trinajstić information content (AvgIpc) is 2.69. The summed E-state index contributed by atoms with van der Waals surface area (Å²) in [7, 11) is -3.81. The van der Waals surface area contributed by atoms with Crippen molar-refractivity contribution in [3.05, 3.63) is 89.0 Å². The van der Waals surface area contributed by atoms with Crippen molar-refractivity contribution >= 4 is 21.6 Å².